The van der Waals surface area contributed by atoms with Gasteiger partial charge < -0.3 is 11.1 Å². The first-order valence-electron chi connectivity index (χ1n) is 12.5. The molecule has 2 aliphatic carbocycles. The van der Waals surface area contributed by atoms with Crippen LogP contribution in [-0.4, -0.2) is 40.4 Å². The van der Waals surface area contributed by atoms with Crippen LogP contribution in [0.1, 0.15) is 70.6 Å². The molecule has 0 spiro atoms. The molecule has 6 nitrogen and oxygen atoms in total. The van der Waals surface area contributed by atoms with Crippen LogP contribution in [0.5, 0.6) is 0 Å². The van der Waals surface area contributed by atoms with Gasteiger partial charge >= 0.3 is 0 Å². The third kappa shape index (κ3) is 4.79. The van der Waals surface area contributed by atoms with E-state index in [1.54, 1.807) is 23.3 Å². The Labute approximate surface area is 200 Å². The van der Waals surface area contributed by atoms with Crippen LogP contribution in [0.2, 0.25) is 0 Å². The molecule has 3 atom stereocenters. The molecule has 1 amide bonds. The standard InChI is InChI=1S/C26H35N5OS/c1-31-23(32)26(30-24(31)27,15-14-18-8-3-2-4-9-18)17-19-10-7-11-20(16-19)28-25-29-21-12-5-6-13-22(21)33-25/h5-6,8,12-13,19-20H,2-4,7,9-11,14-17H2,1H3,(H2,27,30)(H,28,29)/t19-,20+,26+/m0/s1. The topological polar surface area (TPSA) is 83.6 Å². The van der Waals surface area contributed by atoms with Crippen LogP contribution >= 0.6 is 11.3 Å². The van der Waals surface area contributed by atoms with E-state index in [2.05, 4.69) is 29.6 Å². The predicted octanol–water partition coefficient (Wildman–Crippen LogP) is 5.46. The summed E-state index contributed by atoms with van der Waals surface area (Å²) in [5.41, 5.74) is 8.00. The highest BCUT2D eigenvalue weighted by Gasteiger charge is 2.47. The Hall–Kier alpha value is -2.41. The third-order valence-corrected chi connectivity index (χ3v) is 8.62. The van der Waals surface area contributed by atoms with Crippen molar-refractivity contribution < 1.29 is 4.79 Å². The van der Waals surface area contributed by atoms with Crippen LogP contribution in [0, 0.1) is 5.92 Å². The second kappa shape index (κ2) is 9.45. The molecule has 1 aromatic heterocycles. The Morgan fingerprint density at radius 2 is 2.12 bits per heavy atom. The minimum atomic E-state index is -0.695. The lowest BCUT2D eigenvalue weighted by molar-refractivity contribution is -0.131. The predicted molar refractivity (Wildman–Crippen MR) is 137 cm³/mol. The van der Waals surface area contributed by atoms with Crippen molar-refractivity contribution in [2.75, 3.05) is 12.4 Å². The first-order valence-corrected chi connectivity index (χ1v) is 13.3. The monoisotopic (exact) mass is 465 g/mol. The van der Waals surface area contributed by atoms with E-state index in [-0.39, 0.29) is 5.91 Å². The molecule has 3 aliphatic rings. The van der Waals surface area contributed by atoms with E-state index < -0.39 is 5.54 Å². The van der Waals surface area contributed by atoms with Gasteiger partial charge in [0.15, 0.2) is 11.1 Å². The van der Waals surface area contributed by atoms with Gasteiger partial charge in [0.2, 0.25) is 0 Å². The summed E-state index contributed by atoms with van der Waals surface area (Å²) in [6.45, 7) is 0. The zero-order valence-corrected chi connectivity index (χ0v) is 20.4. The van der Waals surface area contributed by atoms with E-state index in [0.717, 1.165) is 62.0 Å². The van der Waals surface area contributed by atoms with E-state index in [9.17, 15) is 4.79 Å². The molecule has 33 heavy (non-hydrogen) atoms. The van der Waals surface area contributed by atoms with Gasteiger partial charge in [0.25, 0.3) is 5.91 Å². The smallest absolute Gasteiger partial charge is 0.257 e. The molecule has 0 bridgehead atoms. The fraction of sp³-hybridized carbons (Fsp3) is 0.577. The number of nitrogens with one attached hydrogen (secondary N) is 1. The number of nitrogens with two attached hydrogens (primary N) is 1. The number of anilines is 1. The van der Waals surface area contributed by atoms with Crippen LogP contribution in [0.3, 0.4) is 0 Å². The number of hydrogen-bond acceptors (Lipinski definition) is 6. The molecular weight excluding hydrogens is 430 g/mol. The lowest BCUT2D eigenvalue weighted by Gasteiger charge is -2.35. The third-order valence-electron chi connectivity index (χ3n) is 7.65. The van der Waals surface area contributed by atoms with Gasteiger partial charge in [0.05, 0.1) is 10.2 Å². The molecular formula is C26H35N5OS. The molecule has 2 heterocycles. The van der Waals surface area contributed by atoms with Crippen LogP contribution in [0.4, 0.5) is 5.13 Å². The molecule has 1 aliphatic heterocycles. The summed E-state index contributed by atoms with van der Waals surface area (Å²) >= 11 is 1.72. The molecule has 7 heteroatoms. The Balaban J connectivity index is 1.28. The number of hydrogen-bond donors (Lipinski definition) is 2. The number of aromatic nitrogens is 1. The van der Waals surface area contributed by atoms with Crippen molar-refractivity contribution in [1.29, 1.82) is 0 Å². The molecule has 176 valence electrons. The second-order valence-electron chi connectivity index (χ2n) is 10.0. The Bertz CT molecular complexity index is 1040. The summed E-state index contributed by atoms with van der Waals surface area (Å²) in [5, 5.41) is 4.69. The normalized spacial score (nSPS) is 28.2. The minimum absolute atomic E-state index is 0.0812. The number of thiazole rings is 1. The van der Waals surface area contributed by atoms with E-state index in [1.807, 2.05) is 6.07 Å². The van der Waals surface area contributed by atoms with Crippen molar-refractivity contribution in [3.63, 3.8) is 0 Å². The Kier molecular flexibility index (Phi) is 6.41. The highest BCUT2D eigenvalue weighted by atomic mass is 32.1. The van der Waals surface area contributed by atoms with Crippen LogP contribution in [0.25, 0.3) is 10.2 Å². The van der Waals surface area contributed by atoms with E-state index >= 15 is 0 Å². The Morgan fingerprint density at radius 1 is 1.24 bits per heavy atom. The summed E-state index contributed by atoms with van der Waals surface area (Å²) < 4.78 is 1.22. The summed E-state index contributed by atoms with van der Waals surface area (Å²) in [4.78, 5) is 24.5. The van der Waals surface area contributed by atoms with E-state index in [4.69, 9.17) is 15.7 Å². The number of para-hydroxylation sites is 1. The summed E-state index contributed by atoms with van der Waals surface area (Å²) in [6.07, 6.45) is 14.3. The van der Waals surface area contributed by atoms with Crippen LogP contribution in [-0.2, 0) is 4.79 Å². The summed E-state index contributed by atoms with van der Waals surface area (Å²) in [5.74, 6) is 0.910. The van der Waals surface area contributed by atoms with Crippen molar-refractivity contribution in [3.8, 4) is 0 Å². The number of aliphatic imine (C=N–C) groups is 1. The van der Waals surface area contributed by atoms with Crippen LogP contribution < -0.4 is 11.1 Å². The number of carbonyl (C=O) groups excluding carboxylic acids is 1. The van der Waals surface area contributed by atoms with Gasteiger partial charge in [-0.15, -0.1) is 0 Å². The number of rotatable bonds is 7. The van der Waals surface area contributed by atoms with Crippen molar-refractivity contribution in [1.82, 2.24) is 9.88 Å². The first-order chi connectivity index (χ1) is 16.0. The quantitative estimate of drug-likeness (QED) is 0.532. The average Bonchev–Trinajstić information content (AvgIpc) is 3.33. The molecule has 1 saturated carbocycles. The van der Waals surface area contributed by atoms with Gasteiger partial charge in [-0.25, -0.2) is 9.98 Å². The van der Waals surface area contributed by atoms with Gasteiger partial charge in [-0.1, -0.05) is 48.0 Å². The highest BCUT2D eigenvalue weighted by Crippen LogP contribution is 2.40. The number of benzene rings is 1. The van der Waals surface area contributed by atoms with Crippen LogP contribution in [0.15, 0.2) is 40.9 Å². The molecule has 0 radical (unpaired) electrons. The van der Waals surface area contributed by atoms with Gasteiger partial charge in [-0.3, -0.25) is 9.69 Å². The zero-order valence-electron chi connectivity index (χ0n) is 19.6. The van der Waals surface area contributed by atoms with Gasteiger partial charge in [0, 0.05) is 13.1 Å². The fourth-order valence-corrected chi connectivity index (χ4v) is 6.79. The molecule has 1 aromatic carbocycles. The summed E-state index contributed by atoms with van der Waals surface area (Å²) in [7, 11) is 1.77. The number of likely N-dealkylation sites (N-methyl/N-ethyl adjacent to an activating group) is 1. The number of guanidine groups is 1. The molecule has 3 N–H and O–H groups in total. The highest BCUT2D eigenvalue weighted by molar-refractivity contribution is 7.22. The SMILES string of the molecule is CN1C(=O)[C@@](CCC2=CCCCC2)(C[C@H]2CCC[C@@H](Nc3nc4ccccc4s3)C2)N=C1N. The van der Waals surface area contributed by atoms with E-state index in [0.29, 0.717) is 17.9 Å². The number of allylic oxidation sites excluding steroid dienone is 2. The largest absolute Gasteiger partial charge is 0.369 e. The van der Waals surface area contributed by atoms with E-state index in [1.165, 1.54) is 29.5 Å². The number of amides is 1. The molecule has 0 saturated heterocycles. The van der Waals surface area contributed by atoms with Crippen molar-refractivity contribution in [2.24, 2.45) is 16.6 Å². The minimum Gasteiger partial charge on any atom is -0.369 e. The maximum atomic E-state index is 13.3. The number of nitrogens with zero attached hydrogens (tertiary/aromatic N) is 3. The molecule has 0 unspecified atom stereocenters. The van der Waals surface area contributed by atoms with Gasteiger partial charge in [0.1, 0.15) is 5.54 Å². The first kappa shape index (κ1) is 22.4. The Morgan fingerprint density at radius 3 is 2.88 bits per heavy atom. The van der Waals surface area contributed by atoms with Gasteiger partial charge in [-0.2, -0.15) is 0 Å². The molecule has 1 fully saturated rings. The summed E-state index contributed by atoms with van der Waals surface area (Å²) in [6, 6.07) is 8.67. The maximum absolute atomic E-state index is 13.3. The maximum Gasteiger partial charge on any atom is 0.257 e. The number of carbonyl (C=O) groups is 1. The molecule has 5 rings (SSSR count). The van der Waals surface area contributed by atoms with Crippen molar-refractivity contribution in [2.45, 2.75) is 82.2 Å². The zero-order chi connectivity index (χ0) is 22.8. The van der Waals surface area contributed by atoms with Gasteiger partial charge in [-0.05, 0) is 75.8 Å². The average molecular weight is 466 g/mol. The van der Waals surface area contributed by atoms with Crippen molar-refractivity contribution >= 4 is 38.6 Å². The fourth-order valence-electron chi connectivity index (χ4n) is 5.85. The lowest BCUT2D eigenvalue weighted by atomic mass is 9.75. The number of fused-ring (bicyclic) bond motifs is 1. The second-order valence-corrected chi connectivity index (χ2v) is 11.1. The van der Waals surface area contributed by atoms with Crippen molar-refractivity contribution in [3.05, 3.63) is 35.9 Å². The molecule has 2 aromatic rings. The lowest BCUT2D eigenvalue weighted by Crippen LogP contribution is -2.44.